The number of hydrogen-bond donors (Lipinski definition) is 2. The van der Waals surface area contributed by atoms with Crippen molar-refractivity contribution in [3.63, 3.8) is 0 Å². The minimum absolute atomic E-state index is 0.0284. The highest BCUT2D eigenvalue weighted by molar-refractivity contribution is 5.85. The average molecular weight is 300 g/mol. The van der Waals surface area contributed by atoms with Crippen molar-refractivity contribution in [2.24, 2.45) is 0 Å². The lowest BCUT2D eigenvalue weighted by Crippen LogP contribution is -2.08. The van der Waals surface area contributed by atoms with Gasteiger partial charge in [0.05, 0.1) is 12.1 Å². The van der Waals surface area contributed by atoms with Gasteiger partial charge in [-0.3, -0.25) is 0 Å². The Morgan fingerprint density at radius 1 is 1.38 bits per heavy atom. The molecule has 0 spiro atoms. The monoisotopic (exact) mass is 300 g/mol. The summed E-state index contributed by atoms with van der Waals surface area (Å²) in [6.07, 6.45) is -4.43. The molecule has 112 valence electrons. The van der Waals surface area contributed by atoms with Gasteiger partial charge in [0.1, 0.15) is 0 Å². The van der Waals surface area contributed by atoms with Gasteiger partial charge in [0.2, 0.25) is 0 Å². The molecule has 8 heteroatoms. The Morgan fingerprint density at radius 3 is 2.67 bits per heavy atom. The van der Waals surface area contributed by atoms with Crippen molar-refractivity contribution < 1.29 is 27.6 Å². The first-order chi connectivity index (χ1) is 9.77. The number of carboxylic acid groups (broad SMARTS) is 1. The van der Waals surface area contributed by atoms with Crippen LogP contribution in [0.1, 0.15) is 27.4 Å². The van der Waals surface area contributed by atoms with E-state index >= 15 is 0 Å². The quantitative estimate of drug-likeness (QED) is 0.906. The predicted molar refractivity (Wildman–Crippen MR) is 67.0 cm³/mol. The molecule has 0 saturated carbocycles. The summed E-state index contributed by atoms with van der Waals surface area (Å²) in [5, 5.41) is 14.7. The van der Waals surface area contributed by atoms with E-state index in [1.807, 2.05) is 0 Å². The fourth-order valence-corrected chi connectivity index (χ4v) is 1.72. The third-order valence-corrected chi connectivity index (χ3v) is 2.79. The Hall–Kier alpha value is -2.51. The zero-order valence-corrected chi connectivity index (χ0v) is 10.9. The van der Waals surface area contributed by atoms with Gasteiger partial charge < -0.3 is 14.9 Å². The summed E-state index contributed by atoms with van der Waals surface area (Å²) >= 11 is 0. The molecule has 2 aromatic rings. The number of benzene rings is 1. The second kappa shape index (κ2) is 5.47. The number of halogens is 3. The van der Waals surface area contributed by atoms with Crippen LogP contribution in [0, 0.1) is 6.92 Å². The highest BCUT2D eigenvalue weighted by atomic mass is 19.4. The lowest BCUT2D eigenvalue weighted by Gasteiger charge is -2.12. The molecule has 0 aliphatic heterocycles. The van der Waals surface area contributed by atoms with Gasteiger partial charge in [-0.15, -0.1) is 0 Å². The van der Waals surface area contributed by atoms with Gasteiger partial charge in [-0.05, 0) is 24.6 Å². The van der Waals surface area contributed by atoms with Crippen molar-refractivity contribution >= 4 is 11.7 Å². The summed E-state index contributed by atoms with van der Waals surface area (Å²) in [6.45, 7) is 1.41. The minimum Gasteiger partial charge on any atom is -0.476 e. The topological polar surface area (TPSA) is 75.4 Å². The lowest BCUT2D eigenvalue weighted by atomic mass is 10.1. The van der Waals surface area contributed by atoms with Crippen LogP contribution in [-0.2, 0) is 12.7 Å². The standard InChI is InChI=1S/C13H11F3N2O3/c1-7-2-3-8(4-10(7)13(14,15)16)17-6-9-5-11(12(19)20)18-21-9/h2-5,17H,6H2,1H3,(H,19,20). The molecule has 0 aliphatic rings. The summed E-state index contributed by atoms with van der Waals surface area (Å²) < 4.78 is 43.0. The number of carbonyl (C=O) groups is 1. The predicted octanol–water partition coefficient (Wildman–Crippen LogP) is 3.31. The molecular weight excluding hydrogens is 289 g/mol. The van der Waals surface area contributed by atoms with Crippen molar-refractivity contribution in [3.8, 4) is 0 Å². The molecule has 2 N–H and O–H groups in total. The molecule has 0 radical (unpaired) electrons. The van der Waals surface area contributed by atoms with Crippen LogP contribution in [0.3, 0.4) is 0 Å². The van der Waals surface area contributed by atoms with Crippen LogP contribution >= 0.6 is 0 Å². The SMILES string of the molecule is Cc1ccc(NCc2cc(C(=O)O)no2)cc1C(F)(F)F. The Morgan fingerprint density at radius 2 is 2.10 bits per heavy atom. The van der Waals surface area contributed by atoms with Crippen LogP contribution in [-0.4, -0.2) is 16.2 Å². The van der Waals surface area contributed by atoms with Crippen LogP contribution in [0.5, 0.6) is 0 Å². The maximum atomic E-state index is 12.8. The highest BCUT2D eigenvalue weighted by Gasteiger charge is 2.32. The molecule has 1 heterocycles. The van der Waals surface area contributed by atoms with E-state index in [4.69, 9.17) is 9.63 Å². The van der Waals surface area contributed by atoms with Crippen molar-refractivity contribution in [3.05, 3.63) is 46.8 Å². The Balaban J connectivity index is 2.11. The van der Waals surface area contributed by atoms with E-state index in [-0.39, 0.29) is 29.2 Å². The van der Waals surface area contributed by atoms with Gasteiger partial charge in [0.15, 0.2) is 11.5 Å². The first-order valence-electron chi connectivity index (χ1n) is 5.88. The zero-order chi connectivity index (χ0) is 15.6. The second-order valence-electron chi connectivity index (χ2n) is 4.36. The van der Waals surface area contributed by atoms with E-state index in [1.165, 1.54) is 25.1 Å². The third kappa shape index (κ3) is 3.53. The molecular formula is C13H11F3N2O3. The molecule has 0 unspecified atom stereocenters. The van der Waals surface area contributed by atoms with Gasteiger partial charge in [-0.25, -0.2) is 4.79 Å². The van der Waals surface area contributed by atoms with Crippen LogP contribution in [0.2, 0.25) is 0 Å². The molecule has 21 heavy (non-hydrogen) atoms. The van der Waals surface area contributed by atoms with E-state index in [0.29, 0.717) is 0 Å². The van der Waals surface area contributed by atoms with Gasteiger partial charge >= 0.3 is 12.1 Å². The van der Waals surface area contributed by atoms with Crippen molar-refractivity contribution in [2.75, 3.05) is 5.32 Å². The smallest absolute Gasteiger partial charge is 0.416 e. The first kappa shape index (κ1) is 14.9. The number of aromatic carboxylic acids is 1. The summed E-state index contributed by atoms with van der Waals surface area (Å²) in [7, 11) is 0. The Bertz CT molecular complexity index is 665. The fourth-order valence-electron chi connectivity index (χ4n) is 1.72. The van der Waals surface area contributed by atoms with Gasteiger partial charge in [-0.2, -0.15) is 13.2 Å². The zero-order valence-electron chi connectivity index (χ0n) is 10.9. The second-order valence-corrected chi connectivity index (χ2v) is 4.36. The molecule has 0 amide bonds. The van der Waals surface area contributed by atoms with E-state index < -0.39 is 17.7 Å². The number of rotatable bonds is 4. The van der Waals surface area contributed by atoms with Crippen LogP contribution in [0.4, 0.5) is 18.9 Å². The van der Waals surface area contributed by atoms with Crippen molar-refractivity contribution in [1.82, 2.24) is 5.16 Å². The number of nitrogens with zero attached hydrogens (tertiary/aromatic N) is 1. The number of hydrogen-bond acceptors (Lipinski definition) is 4. The highest BCUT2D eigenvalue weighted by Crippen LogP contribution is 2.33. The summed E-state index contributed by atoms with van der Waals surface area (Å²) in [5.74, 6) is -1.03. The maximum absolute atomic E-state index is 12.8. The third-order valence-electron chi connectivity index (χ3n) is 2.79. The maximum Gasteiger partial charge on any atom is 0.416 e. The minimum atomic E-state index is -4.43. The normalized spacial score (nSPS) is 11.4. The summed E-state index contributed by atoms with van der Waals surface area (Å²) in [5.41, 5.74) is -0.606. The molecule has 0 bridgehead atoms. The molecule has 0 aliphatic carbocycles. The van der Waals surface area contributed by atoms with Gasteiger partial charge in [0.25, 0.3) is 0 Å². The van der Waals surface area contributed by atoms with Crippen molar-refractivity contribution in [2.45, 2.75) is 19.6 Å². The molecule has 0 atom stereocenters. The molecule has 0 fully saturated rings. The molecule has 1 aromatic carbocycles. The molecule has 0 saturated heterocycles. The number of carboxylic acids is 1. The summed E-state index contributed by atoms with van der Waals surface area (Å²) in [4.78, 5) is 10.6. The largest absolute Gasteiger partial charge is 0.476 e. The van der Waals surface area contributed by atoms with Gasteiger partial charge in [-0.1, -0.05) is 11.2 Å². The lowest BCUT2D eigenvalue weighted by molar-refractivity contribution is -0.138. The molecule has 1 aromatic heterocycles. The summed E-state index contributed by atoms with van der Waals surface area (Å²) in [6, 6.07) is 5.05. The van der Waals surface area contributed by atoms with Crippen molar-refractivity contribution in [1.29, 1.82) is 0 Å². The number of aromatic nitrogens is 1. The Labute approximate surface area is 117 Å². The first-order valence-corrected chi connectivity index (χ1v) is 5.88. The van der Waals surface area contributed by atoms with Crippen LogP contribution in [0.15, 0.2) is 28.8 Å². The Kier molecular flexibility index (Phi) is 3.88. The number of alkyl halides is 3. The van der Waals surface area contributed by atoms with E-state index in [9.17, 15) is 18.0 Å². The van der Waals surface area contributed by atoms with E-state index in [1.54, 1.807) is 0 Å². The van der Waals surface area contributed by atoms with Crippen LogP contribution < -0.4 is 5.32 Å². The van der Waals surface area contributed by atoms with E-state index in [0.717, 1.165) is 6.07 Å². The molecule has 2 rings (SSSR count). The van der Waals surface area contributed by atoms with Crippen LogP contribution in [0.25, 0.3) is 0 Å². The number of aryl methyl sites for hydroxylation is 1. The average Bonchev–Trinajstić information content (AvgIpc) is 2.85. The van der Waals surface area contributed by atoms with Gasteiger partial charge in [0, 0.05) is 11.8 Å². The number of anilines is 1. The number of nitrogens with one attached hydrogen (secondary N) is 1. The fraction of sp³-hybridized carbons (Fsp3) is 0.231. The van der Waals surface area contributed by atoms with E-state index in [2.05, 4.69) is 10.5 Å². The molecule has 5 nitrogen and oxygen atoms in total.